The van der Waals surface area contributed by atoms with Gasteiger partial charge in [0.25, 0.3) is 5.91 Å². The maximum absolute atomic E-state index is 13.8. The molecule has 1 fully saturated rings. The Bertz CT molecular complexity index is 1040. The summed E-state index contributed by atoms with van der Waals surface area (Å²) in [4.78, 5) is 50.1. The largest absolute Gasteiger partial charge is 0.325 e. The molecule has 2 aliphatic rings. The number of carbonyl (C=O) groups is 4. The number of nitrogens with zero attached hydrogens (tertiary/aromatic N) is 1. The van der Waals surface area contributed by atoms with E-state index in [9.17, 15) is 23.6 Å². The minimum absolute atomic E-state index is 0.138. The van der Waals surface area contributed by atoms with E-state index in [-0.39, 0.29) is 43.2 Å². The van der Waals surface area contributed by atoms with E-state index >= 15 is 0 Å². The van der Waals surface area contributed by atoms with E-state index in [1.54, 1.807) is 36.4 Å². The third-order valence-electron chi connectivity index (χ3n) is 5.17. The van der Waals surface area contributed by atoms with Crippen LogP contribution in [-0.4, -0.2) is 34.6 Å². The summed E-state index contributed by atoms with van der Waals surface area (Å²) in [6.07, 6.45) is 0.295. The second-order valence-electron chi connectivity index (χ2n) is 7.05. The Morgan fingerprint density at radius 2 is 1.93 bits per heavy atom. The maximum Gasteiger partial charge on any atom is 0.255 e. The molecule has 2 aromatic carbocycles. The maximum atomic E-state index is 13.8. The lowest BCUT2D eigenvalue weighted by Gasteiger charge is -2.29. The van der Waals surface area contributed by atoms with E-state index in [4.69, 9.17) is 0 Å². The van der Waals surface area contributed by atoms with Crippen LogP contribution < -0.4 is 10.6 Å². The fourth-order valence-corrected chi connectivity index (χ4v) is 3.71. The lowest BCUT2D eigenvalue weighted by atomic mass is 10.0. The Kier molecular flexibility index (Phi) is 4.84. The third kappa shape index (κ3) is 3.61. The number of nitrogens with one attached hydrogen (secondary N) is 2. The van der Waals surface area contributed by atoms with Crippen LogP contribution in [0.2, 0.25) is 0 Å². The molecule has 0 spiro atoms. The molecule has 0 aliphatic carbocycles. The Hall–Kier alpha value is -3.55. The average Bonchev–Trinajstić information content (AvgIpc) is 3.01. The number of halogens is 1. The molecule has 1 saturated heterocycles. The highest BCUT2D eigenvalue weighted by molar-refractivity contribution is 6.06. The van der Waals surface area contributed by atoms with Crippen molar-refractivity contribution in [2.75, 3.05) is 5.32 Å². The summed E-state index contributed by atoms with van der Waals surface area (Å²) in [5.74, 6) is -2.03. The van der Waals surface area contributed by atoms with E-state index in [1.807, 2.05) is 0 Å². The van der Waals surface area contributed by atoms with Gasteiger partial charge in [0.15, 0.2) is 0 Å². The topological polar surface area (TPSA) is 95.6 Å². The first kappa shape index (κ1) is 18.8. The average molecular weight is 395 g/mol. The first-order valence-corrected chi connectivity index (χ1v) is 9.24. The molecule has 4 rings (SSSR count). The zero-order valence-electron chi connectivity index (χ0n) is 15.4. The molecule has 2 N–H and O–H groups in total. The molecule has 1 unspecified atom stereocenters. The number of piperidine rings is 1. The summed E-state index contributed by atoms with van der Waals surface area (Å²) in [5, 5.41) is 5.00. The van der Waals surface area contributed by atoms with Crippen LogP contribution in [0.5, 0.6) is 0 Å². The molecule has 4 amide bonds. The number of amides is 4. The molecular weight excluding hydrogens is 377 g/mol. The molecule has 0 aromatic heterocycles. The van der Waals surface area contributed by atoms with Crippen LogP contribution in [-0.2, 0) is 27.3 Å². The molecule has 7 nitrogen and oxygen atoms in total. The summed E-state index contributed by atoms with van der Waals surface area (Å²) < 4.78 is 13.8. The summed E-state index contributed by atoms with van der Waals surface area (Å²) >= 11 is 0. The molecule has 2 heterocycles. The molecule has 29 heavy (non-hydrogen) atoms. The molecule has 2 aromatic rings. The summed E-state index contributed by atoms with van der Waals surface area (Å²) in [7, 11) is 0. The van der Waals surface area contributed by atoms with Gasteiger partial charge in [0, 0.05) is 29.8 Å². The van der Waals surface area contributed by atoms with Gasteiger partial charge in [0.2, 0.25) is 17.7 Å². The van der Waals surface area contributed by atoms with Gasteiger partial charge < -0.3 is 10.2 Å². The summed E-state index contributed by atoms with van der Waals surface area (Å²) in [5.41, 5.74) is 1.73. The van der Waals surface area contributed by atoms with Gasteiger partial charge in [0.05, 0.1) is 6.42 Å². The second kappa shape index (κ2) is 7.46. The normalized spacial score (nSPS) is 18.4. The zero-order valence-corrected chi connectivity index (χ0v) is 15.4. The minimum Gasteiger partial charge on any atom is -0.325 e. The van der Waals surface area contributed by atoms with Gasteiger partial charge in [-0.25, -0.2) is 4.39 Å². The number of hydrogen-bond acceptors (Lipinski definition) is 4. The minimum atomic E-state index is -0.727. The number of fused-ring (bicyclic) bond motifs is 1. The van der Waals surface area contributed by atoms with Crippen LogP contribution in [0.4, 0.5) is 10.1 Å². The number of benzene rings is 2. The van der Waals surface area contributed by atoms with Crippen LogP contribution in [0, 0.1) is 5.82 Å². The van der Waals surface area contributed by atoms with Crippen molar-refractivity contribution in [3.63, 3.8) is 0 Å². The van der Waals surface area contributed by atoms with Gasteiger partial charge in [-0.2, -0.15) is 0 Å². The van der Waals surface area contributed by atoms with E-state index in [2.05, 4.69) is 10.6 Å². The van der Waals surface area contributed by atoms with E-state index < -0.39 is 23.7 Å². The van der Waals surface area contributed by atoms with Crippen molar-refractivity contribution in [3.05, 3.63) is 65.0 Å². The standard InChI is InChI=1S/C21H18FN3O4/c22-15-6-2-1-4-12(15)10-19(27)23-16-7-3-5-13-14(16)11-25(21(13)29)17-8-9-18(26)24-20(17)28/h1-7,17H,8-11H2,(H,23,27)(H,24,26,28). The van der Waals surface area contributed by atoms with Crippen molar-refractivity contribution in [3.8, 4) is 0 Å². The Morgan fingerprint density at radius 3 is 2.69 bits per heavy atom. The number of anilines is 1. The molecule has 8 heteroatoms. The smallest absolute Gasteiger partial charge is 0.255 e. The monoisotopic (exact) mass is 395 g/mol. The van der Waals surface area contributed by atoms with Crippen LogP contribution in [0.15, 0.2) is 42.5 Å². The van der Waals surface area contributed by atoms with Gasteiger partial charge in [0.1, 0.15) is 11.9 Å². The first-order chi connectivity index (χ1) is 13.9. The van der Waals surface area contributed by atoms with Crippen molar-refractivity contribution in [1.82, 2.24) is 10.2 Å². The van der Waals surface area contributed by atoms with Crippen LogP contribution in [0.25, 0.3) is 0 Å². The summed E-state index contributed by atoms with van der Waals surface area (Å²) in [6, 6.07) is 10.3. The van der Waals surface area contributed by atoms with Gasteiger partial charge in [-0.1, -0.05) is 24.3 Å². The van der Waals surface area contributed by atoms with Crippen molar-refractivity contribution in [1.29, 1.82) is 0 Å². The molecular formula is C21H18FN3O4. The van der Waals surface area contributed by atoms with Crippen molar-refractivity contribution in [2.45, 2.75) is 31.8 Å². The Labute approximate surface area is 165 Å². The number of rotatable bonds is 4. The zero-order chi connectivity index (χ0) is 20.5. The van der Waals surface area contributed by atoms with Gasteiger partial charge in [-0.05, 0) is 30.2 Å². The van der Waals surface area contributed by atoms with E-state index in [0.717, 1.165) is 0 Å². The van der Waals surface area contributed by atoms with Crippen LogP contribution >= 0.6 is 0 Å². The fourth-order valence-electron chi connectivity index (χ4n) is 3.71. The lowest BCUT2D eigenvalue weighted by Crippen LogP contribution is -2.52. The number of imide groups is 1. The SMILES string of the molecule is O=C1CCC(N2Cc3c(NC(=O)Cc4ccccc4F)cccc3C2=O)C(=O)N1. The first-order valence-electron chi connectivity index (χ1n) is 9.24. The predicted molar refractivity (Wildman–Crippen MR) is 101 cm³/mol. The third-order valence-corrected chi connectivity index (χ3v) is 5.17. The van der Waals surface area contributed by atoms with Gasteiger partial charge in [-0.3, -0.25) is 24.5 Å². The molecule has 148 valence electrons. The van der Waals surface area contributed by atoms with Gasteiger partial charge >= 0.3 is 0 Å². The number of hydrogen-bond donors (Lipinski definition) is 2. The molecule has 2 aliphatic heterocycles. The summed E-state index contributed by atoms with van der Waals surface area (Å²) in [6.45, 7) is 0.149. The molecule has 0 radical (unpaired) electrons. The second-order valence-corrected chi connectivity index (χ2v) is 7.05. The van der Waals surface area contributed by atoms with E-state index in [1.165, 1.54) is 11.0 Å². The molecule has 1 atom stereocenters. The number of carbonyl (C=O) groups excluding carboxylic acids is 4. The highest BCUT2D eigenvalue weighted by Crippen LogP contribution is 2.32. The predicted octanol–water partition coefficient (Wildman–Crippen LogP) is 1.77. The molecule has 0 bridgehead atoms. The highest BCUT2D eigenvalue weighted by Gasteiger charge is 2.39. The highest BCUT2D eigenvalue weighted by atomic mass is 19.1. The fraction of sp³-hybridized carbons (Fsp3) is 0.238. The Morgan fingerprint density at radius 1 is 1.14 bits per heavy atom. The van der Waals surface area contributed by atoms with Crippen molar-refractivity contribution < 1.29 is 23.6 Å². The molecule has 0 saturated carbocycles. The van der Waals surface area contributed by atoms with Crippen molar-refractivity contribution >= 4 is 29.3 Å². The Balaban J connectivity index is 1.52. The van der Waals surface area contributed by atoms with Gasteiger partial charge in [-0.15, -0.1) is 0 Å². The van der Waals surface area contributed by atoms with E-state index in [0.29, 0.717) is 16.8 Å². The lowest BCUT2D eigenvalue weighted by molar-refractivity contribution is -0.137. The van der Waals surface area contributed by atoms with Crippen molar-refractivity contribution in [2.24, 2.45) is 0 Å². The van der Waals surface area contributed by atoms with Crippen LogP contribution in [0.1, 0.15) is 34.3 Å². The van der Waals surface area contributed by atoms with Crippen LogP contribution in [0.3, 0.4) is 0 Å². The quantitative estimate of drug-likeness (QED) is 0.772.